The predicted molar refractivity (Wildman–Crippen MR) is 82.7 cm³/mol. The first kappa shape index (κ1) is 14.6. The molecule has 0 unspecified atom stereocenters. The Kier molecular flexibility index (Phi) is 3.63. The van der Waals surface area contributed by atoms with Crippen LogP contribution in [0.15, 0.2) is 30.3 Å². The van der Waals surface area contributed by atoms with Gasteiger partial charge in [-0.25, -0.2) is 0 Å². The van der Waals surface area contributed by atoms with E-state index in [0.717, 1.165) is 17.0 Å². The van der Waals surface area contributed by atoms with Gasteiger partial charge in [0.25, 0.3) is 0 Å². The van der Waals surface area contributed by atoms with E-state index in [1.165, 1.54) is 5.56 Å². The minimum Gasteiger partial charge on any atom is -0.134 e. The summed E-state index contributed by atoms with van der Waals surface area (Å²) in [5.41, 5.74) is 4.17. The molecule has 0 N–H and O–H groups in total. The van der Waals surface area contributed by atoms with Crippen molar-refractivity contribution in [3.8, 4) is 11.3 Å². The fourth-order valence-corrected chi connectivity index (χ4v) is 2.36. The Bertz CT molecular complexity index is 590. The first-order valence-electron chi connectivity index (χ1n) is 7.01. The van der Waals surface area contributed by atoms with Crippen molar-refractivity contribution in [3.05, 3.63) is 41.6 Å². The normalized spacial score (nSPS) is 12.5. The molecule has 106 valence electrons. The number of aromatic nitrogens is 3. The highest BCUT2D eigenvalue weighted by Crippen LogP contribution is 2.37. The lowest BCUT2D eigenvalue weighted by atomic mass is 9.77. The lowest BCUT2D eigenvalue weighted by molar-refractivity contribution is 0.498. The zero-order chi connectivity index (χ0) is 15.0. The Morgan fingerprint density at radius 2 is 1.35 bits per heavy atom. The summed E-state index contributed by atoms with van der Waals surface area (Å²) >= 11 is 0. The van der Waals surface area contributed by atoms with Gasteiger partial charge >= 0.3 is 0 Å². The molecule has 1 aromatic carbocycles. The smallest absolute Gasteiger partial charge is 0.100 e. The van der Waals surface area contributed by atoms with Gasteiger partial charge in [0.1, 0.15) is 5.69 Å². The fourth-order valence-electron chi connectivity index (χ4n) is 2.36. The molecule has 0 saturated carbocycles. The minimum absolute atomic E-state index is 0.0310. The van der Waals surface area contributed by atoms with Gasteiger partial charge in [-0.2, -0.15) is 0 Å². The van der Waals surface area contributed by atoms with Crippen LogP contribution in [0.5, 0.6) is 0 Å². The van der Waals surface area contributed by atoms with Crippen molar-refractivity contribution in [3.63, 3.8) is 0 Å². The van der Waals surface area contributed by atoms with Gasteiger partial charge in [0.15, 0.2) is 0 Å². The molecule has 0 aliphatic rings. The molecule has 3 heteroatoms. The van der Waals surface area contributed by atoms with E-state index in [0.29, 0.717) is 0 Å². The van der Waals surface area contributed by atoms with Crippen LogP contribution in [0.1, 0.15) is 52.8 Å². The van der Waals surface area contributed by atoms with E-state index in [9.17, 15) is 0 Å². The molecule has 0 aliphatic carbocycles. The number of hydrogen-bond acceptors (Lipinski definition) is 3. The molecular weight excluding hydrogens is 246 g/mol. The van der Waals surface area contributed by atoms with Gasteiger partial charge in [-0.3, -0.25) is 0 Å². The van der Waals surface area contributed by atoms with E-state index in [-0.39, 0.29) is 10.8 Å². The van der Waals surface area contributed by atoms with Crippen molar-refractivity contribution in [2.24, 2.45) is 0 Å². The van der Waals surface area contributed by atoms with Gasteiger partial charge in [-0.15, -0.1) is 10.2 Å². The van der Waals surface area contributed by atoms with E-state index >= 15 is 0 Å². The van der Waals surface area contributed by atoms with Crippen molar-refractivity contribution in [1.29, 1.82) is 0 Å². The van der Waals surface area contributed by atoms with Crippen LogP contribution in [-0.2, 0) is 10.8 Å². The number of hydrogen-bond donors (Lipinski definition) is 0. The molecule has 0 atom stereocenters. The van der Waals surface area contributed by atoms with E-state index in [4.69, 9.17) is 0 Å². The predicted octanol–water partition coefficient (Wildman–Crippen LogP) is 4.13. The van der Waals surface area contributed by atoms with Crippen LogP contribution in [0, 0.1) is 0 Å². The average molecular weight is 269 g/mol. The summed E-state index contributed by atoms with van der Waals surface area (Å²) in [6.45, 7) is 13.1. The fraction of sp³-hybridized carbons (Fsp3) is 0.471. The molecule has 0 saturated heterocycles. The number of benzene rings is 1. The topological polar surface area (TPSA) is 38.7 Å². The molecule has 0 fully saturated rings. The zero-order valence-corrected chi connectivity index (χ0v) is 13.2. The van der Waals surface area contributed by atoms with Gasteiger partial charge in [0.2, 0.25) is 0 Å². The Labute approximate surface area is 121 Å². The summed E-state index contributed by atoms with van der Waals surface area (Å²) in [6.07, 6.45) is 0. The molecule has 0 radical (unpaired) electrons. The third kappa shape index (κ3) is 2.87. The first-order valence-corrected chi connectivity index (χ1v) is 7.01. The molecule has 0 amide bonds. The van der Waals surface area contributed by atoms with E-state index < -0.39 is 0 Å². The van der Waals surface area contributed by atoms with Crippen LogP contribution in [0.4, 0.5) is 0 Å². The van der Waals surface area contributed by atoms with Crippen molar-refractivity contribution in [2.75, 3.05) is 0 Å². The summed E-state index contributed by atoms with van der Waals surface area (Å²) in [7, 11) is 0. The maximum atomic E-state index is 4.34. The number of rotatable bonds is 1. The van der Waals surface area contributed by atoms with Crippen molar-refractivity contribution in [2.45, 2.75) is 52.4 Å². The lowest BCUT2D eigenvalue weighted by Crippen LogP contribution is -2.26. The number of nitrogens with zero attached hydrogens (tertiary/aromatic N) is 3. The Morgan fingerprint density at radius 1 is 0.750 bits per heavy atom. The Balaban J connectivity index is 2.77. The Hall–Kier alpha value is -1.77. The second-order valence-corrected chi connectivity index (χ2v) is 7.23. The van der Waals surface area contributed by atoms with Crippen molar-refractivity contribution < 1.29 is 0 Å². The first-order chi connectivity index (χ1) is 9.21. The highest BCUT2D eigenvalue weighted by atomic mass is 15.3. The third-order valence-electron chi connectivity index (χ3n) is 3.27. The van der Waals surface area contributed by atoms with Crippen LogP contribution in [0.25, 0.3) is 11.3 Å². The minimum atomic E-state index is -0.0535. The SMILES string of the molecule is CC(C)(C)c1nnnc(-c2ccccc2)c1C(C)(C)C. The van der Waals surface area contributed by atoms with E-state index in [1.54, 1.807) is 0 Å². The summed E-state index contributed by atoms with van der Waals surface area (Å²) in [6, 6.07) is 10.2. The average Bonchev–Trinajstić information content (AvgIpc) is 2.37. The molecule has 0 bridgehead atoms. The van der Waals surface area contributed by atoms with Crippen LogP contribution in [0.2, 0.25) is 0 Å². The standard InChI is InChI=1S/C17H23N3/c1-16(2,3)13-14(12-10-8-7-9-11-12)18-20-19-15(13)17(4,5)6/h7-11H,1-6H3. The molecule has 2 rings (SSSR count). The largest absolute Gasteiger partial charge is 0.134 e. The maximum Gasteiger partial charge on any atom is 0.100 e. The van der Waals surface area contributed by atoms with Crippen molar-refractivity contribution >= 4 is 0 Å². The molecule has 20 heavy (non-hydrogen) atoms. The van der Waals surface area contributed by atoms with Crippen LogP contribution >= 0.6 is 0 Å². The van der Waals surface area contributed by atoms with Gasteiger partial charge in [-0.05, 0) is 10.6 Å². The molecule has 3 nitrogen and oxygen atoms in total. The van der Waals surface area contributed by atoms with E-state index in [1.807, 2.05) is 18.2 Å². The molecule has 1 aromatic heterocycles. The third-order valence-corrected chi connectivity index (χ3v) is 3.27. The van der Waals surface area contributed by atoms with Crippen LogP contribution < -0.4 is 0 Å². The van der Waals surface area contributed by atoms with Gasteiger partial charge in [0.05, 0.1) is 5.69 Å². The lowest BCUT2D eigenvalue weighted by Gasteiger charge is -2.29. The molecule has 0 spiro atoms. The Morgan fingerprint density at radius 3 is 1.85 bits per heavy atom. The zero-order valence-electron chi connectivity index (χ0n) is 13.2. The molecule has 2 aromatic rings. The monoisotopic (exact) mass is 269 g/mol. The van der Waals surface area contributed by atoms with Gasteiger partial charge in [0, 0.05) is 16.5 Å². The molecular formula is C17H23N3. The van der Waals surface area contributed by atoms with Crippen LogP contribution in [0.3, 0.4) is 0 Å². The summed E-state index contributed by atoms with van der Waals surface area (Å²) in [4.78, 5) is 0. The molecule has 0 aliphatic heterocycles. The second kappa shape index (κ2) is 4.97. The van der Waals surface area contributed by atoms with Crippen LogP contribution in [-0.4, -0.2) is 15.4 Å². The maximum absolute atomic E-state index is 4.34. The quantitative estimate of drug-likeness (QED) is 0.781. The van der Waals surface area contributed by atoms with Gasteiger partial charge in [-0.1, -0.05) is 71.9 Å². The highest BCUT2D eigenvalue weighted by molar-refractivity contribution is 5.65. The summed E-state index contributed by atoms with van der Waals surface area (Å²) in [5, 5.41) is 12.7. The van der Waals surface area contributed by atoms with Crippen molar-refractivity contribution in [1.82, 2.24) is 15.4 Å². The van der Waals surface area contributed by atoms with Gasteiger partial charge < -0.3 is 0 Å². The summed E-state index contributed by atoms with van der Waals surface area (Å²) in [5.74, 6) is 0. The second-order valence-electron chi connectivity index (χ2n) is 7.23. The van der Waals surface area contributed by atoms with E-state index in [2.05, 4.69) is 69.1 Å². The highest BCUT2D eigenvalue weighted by Gasteiger charge is 2.30. The molecule has 1 heterocycles. The summed E-state index contributed by atoms with van der Waals surface area (Å²) < 4.78 is 0.